The fourth-order valence-corrected chi connectivity index (χ4v) is 1.96. The van der Waals surface area contributed by atoms with Crippen molar-refractivity contribution >= 4 is 11.6 Å². The zero-order valence-corrected chi connectivity index (χ0v) is 9.93. The summed E-state index contributed by atoms with van der Waals surface area (Å²) < 4.78 is 0. The van der Waals surface area contributed by atoms with Crippen LogP contribution in [0.2, 0.25) is 5.02 Å². The van der Waals surface area contributed by atoms with Crippen molar-refractivity contribution in [2.45, 2.75) is 12.7 Å². The molecule has 1 atom stereocenters. The number of rotatable bonds is 3. The smallest absolute Gasteiger partial charge is 0.104 e. The van der Waals surface area contributed by atoms with Gasteiger partial charge in [0.1, 0.15) is 6.10 Å². The molecule has 2 aromatic carbocycles. The second kappa shape index (κ2) is 5.32. The van der Waals surface area contributed by atoms with E-state index >= 15 is 0 Å². The van der Waals surface area contributed by atoms with Crippen molar-refractivity contribution in [3.8, 4) is 0 Å². The predicted octanol–water partition coefficient (Wildman–Crippen LogP) is 2.91. The van der Waals surface area contributed by atoms with Gasteiger partial charge in [-0.25, -0.2) is 0 Å². The first kappa shape index (κ1) is 12.1. The molecule has 88 valence electrons. The Morgan fingerprint density at radius 1 is 1.06 bits per heavy atom. The molecular formula is C14H13ClO2. The van der Waals surface area contributed by atoms with Gasteiger partial charge in [0.05, 0.1) is 6.61 Å². The van der Waals surface area contributed by atoms with E-state index in [-0.39, 0.29) is 6.61 Å². The lowest BCUT2D eigenvalue weighted by atomic mass is 9.97. The Morgan fingerprint density at radius 2 is 1.76 bits per heavy atom. The second-order valence-corrected chi connectivity index (χ2v) is 4.25. The molecule has 0 heterocycles. The lowest BCUT2D eigenvalue weighted by Crippen LogP contribution is -2.03. The van der Waals surface area contributed by atoms with Crippen molar-refractivity contribution in [1.29, 1.82) is 0 Å². The van der Waals surface area contributed by atoms with Gasteiger partial charge in [0.15, 0.2) is 0 Å². The average Bonchev–Trinajstić information content (AvgIpc) is 2.39. The molecule has 17 heavy (non-hydrogen) atoms. The Kier molecular flexibility index (Phi) is 3.79. The van der Waals surface area contributed by atoms with E-state index in [9.17, 15) is 10.2 Å². The summed E-state index contributed by atoms with van der Waals surface area (Å²) >= 11 is 5.91. The zero-order chi connectivity index (χ0) is 12.3. The minimum absolute atomic E-state index is 0.115. The summed E-state index contributed by atoms with van der Waals surface area (Å²) in [7, 11) is 0. The van der Waals surface area contributed by atoms with Crippen molar-refractivity contribution in [2.75, 3.05) is 0 Å². The van der Waals surface area contributed by atoms with Gasteiger partial charge in [0, 0.05) is 5.02 Å². The van der Waals surface area contributed by atoms with Crippen LogP contribution in [-0.4, -0.2) is 10.2 Å². The van der Waals surface area contributed by atoms with E-state index < -0.39 is 6.10 Å². The quantitative estimate of drug-likeness (QED) is 0.877. The first-order valence-electron chi connectivity index (χ1n) is 5.34. The fourth-order valence-electron chi connectivity index (χ4n) is 1.78. The summed E-state index contributed by atoms with van der Waals surface area (Å²) in [5, 5.41) is 20.1. The molecule has 3 heteroatoms. The molecule has 2 nitrogen and oxygen atoms in total. The van der Waals surface area contributed by atoms with Crippen LogP contribution in [0.25, 0.3) is 0 Å². The minimum Gasteiger partial charge on any atom is -0.392 e. The highest BCUT2D eigenvalue weighted by molar-refractivity contribution is 6.30. The first-order valence-corrected chi connectivity index (χ1v) is 5.72. The molecule has 0 aliphatic rings. The van der Waals surface area contributed by atoms with Crippen LogP contribution in [0.4, 0.5) is 0 Å². The van der Waals surface area contributed by atoms with E-state index in [1.54, 1.807) is 18.2 Å². The van der Waals surface area contributed by atoms with E-state index in [2.05, 4.69) is 0 Å². The monoisotopic (exact) mass is 248 g/mol. The van der Waals surface area contributed by atoms with Gasteiger partial charge in [0.25, 0.3) is 0 Å². The van der Waals surface area contributed by atoms with Gasteiger partial charge in [-0.2, -0.15) is 0 Å². The van der Waals surface area contributed by atoms with Crippen LogP contribution in [0.3, 0.4) is 0 Å². The standard InChI is InChI=1S/C14H13ClO2/c15-12-7-6-11(9-16)13(8-12)14(17)10-4-2-1-3-5-10/h1-8,14,16-17H,9H2. The molecule has 2 rings (SSSR count). The summed E-state index contributed by atoms with van der Waals surface area (Å²) in [5.74, 6) is 0. The number of benzene rings is 2. The SMILES string of the molecule is OCc1ccc(Cl)cc1C(O)c1ccccc1. The third-order valence-corrected chi connectivity index (χ3v) is 2.92. The molecule has 1 unspecified atom stereocenters. The largest absolute Gasteiger partial charge is 0.392 e. The molecule has 0 saturated heterocycles. The molecule has 0 aliphatic heterocycles. The Labute approximate surface area is 105 Å². The lowest BCUT2D eigenvalue weighted by molar-refractivity contribution is 0.213. The van der Waals surface area contributed by atoms with Gasteiger partial charge in [-0.15, -0.1) is 0 Å². The van der Waals surface area contributed by atoms with Crippen LogP contribution in [0.1, 0.15) is 22.8 Å². The minimum atomic E-state index is -0.767. The molecule has 0 spiro atoms. The fraction of sp³-hybridized carbons (Fsp3) is 0.143. The summed E-state index contributed by atoms with van der Waals surface area (Å²) in [5.41, 5.74) is 2.11. The second-order valence-electron chi connectivity index (χ2n) is 3.81. The molecule has 2 N–H and O–H groups in total. The predicted molar refractivity (Wildman–Crippen MR) is 67.9 cm³/mol. The van der Waals surface area contributed by atoms with Crippen LogP contribution in [0, 0.1) is 0 Å². The Morgan fingerprint density at radius 3 is 2.41 bits per heavy atom. The number of halogens is 1. The lowest BCUT2D eigenvalue weighted by Gasteiger charge is -2.15. The van der Waals surface area contributed by atoms with E-state index in [4.69, 9.17) is 11.6 Å². The average molecular weight is 249 g/mol. The van der Waals surface area contributed by atoms with Crippen LogP contribution in [0.5, 0.6) is 0 Å². The molecule has 0 bridgehead atoms. The molecule has 0 fully saturated rings. The van der Waals surface area contributed by atoms with Gasteiger partial charge < -0.3 is 10.2 Å². The van der Waals surface area contributed by atoms with Crippen molar-refractivity contribution in [3.63, 3.8) is 0 Å². The maximum absolute atomic E-state index is 10.3. The van der Waals surface area contributed by atoms with Crippen molar-refractivity contribution in [1.82, 2.24) is 0 Å². The third-order valence-electron chi connectivity index (χ3n) is 2.69. The number of hydrogen-bond acceptors (Lipinski definition) is 2. The van der Waals surface area contributed by atoms with Crippen LogP contribution in [0.15, 0.2) is 48.5 Å². The van der Waals surface area contributed by atoms with Crippen molar-refractivity contribution in [3.05, 3.63) is 70.2 Å². The van der Waals surface area contributed by atoms with Crippen LogP contribution >= 0.6 is 11.6 Å². The van der Waals surface area contributed by atoms with Crippen molar-refractivity contribution in [2.24, 2.45) is 0 Å². The van der Waals surface area contributed by atoms with Crippen molar-refractivity contribution < 1.29 is 10.2 Å². The maximum atomic E-state index is 10.3. The molecule has 0 amide bonds. The Bertz CT molecular complexity index is 497. The Balaban J connectivity index is 2.43. The van der Waals surface area contributed by atoms with Gasteiger partial charge >= 0.3 is 0 Å². The highest BCUT2D eigenvalue weighted by Gasteiger charge is 2.14. The van der Waals surface area contributed by atoms with Gasteiger partial charge in [0.2, 0.25) is 0 Å². The van der Waals surface area contributed by atoms with E-state index in [0.717, 1.165) is 5.56 Å². The van der Waals surface area contributed by atoms with E-state index in [1.807, 2.05) is 30.3 Å². The number of aliphatic hydroxyl groups is 2. The normalized spacial score (nSPS) is 12.4. The summed E-state index contributed by atoms with van der Waals surface area (Å²) in [6.45, 7) is -0.115. The van der Waals surface area contributed by atoms with Gasteiger partial charge in [-0.05, 0) is 28.8 Å². The molecule has 0 aromatic heterocycles. The summed E-state index contributed by atoms with van der Waals surface area (Å²) in [6.07, 6.45) is -0.767. The first-order chi connectivity index (χ1) is 8.22. The zero-order valence-electron chi connectivity index (χ0n) is 9.18. The van der Waals surface area contributed by atoms with Crippen LogP contribution in [-0.2, 0) is 6.61 Å². The summed E-state index contributed by atoms with van der Waals surface area (Å²) in [4.78, 5) is 0. The Hall–Kier alpha value is -1.35. The third kappa shape index (κ3) is 2.67. The maximum Gasteiger partial charge on any atom is 0.104 e. The van der Waals surface area contributed by atoms with E-state index in [0.29, 0.717) is 16.1 Å². The van der Waals surface area contributed by atoms with Gasteiger partial charge in [-0.3, -0.25) is 0 Å². The molecular weight excluding hydrogens is 236 g/mol. The molecule has 0 aliphatic carbocycles. The van der Waals surface area contributed by atoms with Gasteiger partial charge in [-0.1, -0.05) is 48.0 Å². The topological polar surface area (TPSA) is 40.5 Å². The molecule has 0 radical (unpaired) electrons. The van der Waals surface area contributed by atoms with Crippen LogP contribution < -0.4 is 0 Å². The highest BCUT2D eigenvalue weighted by Crippen LogP contribution is 2.27. The number of hydrogen-bond donors (Lipinski definition) is 2. The molecule has 2 aromatic rings. The summed E-state index contributed by atoms with van der Waals surface area (Å²) in [6, 6.07) is 14.4. The highest BCUT2D eigenvalue weighted by atomic mass is 35.5. The molecule has 0 saturated carbocycles. The van der Waals surface area contributed by atoms with E-state index in [1.165, 1.54) is 0 Å². The number of aliphatic hydroxyl groups excluding tert-OH is 2.